The van der Waals surface area contributed by atoms with E-state index in [2.05, 4.69) is 32.9 Å². The van der Waals surface area contributed by atoms with Gasteiger partial charge in [0.15, 0.2) is 0 Å². The lowest BCUT2D eigenvalue weighted by atomic mass is 9.86. The summed E-state index contributed by atoms with van der Waals surface area (Å²) in [6, 6.07) is 8.20. The van der Waals surface area contributed by atoms with E-state index in [0.717, 1.165) is 5.56 Å². The van der Waals surface area contributed by atoms with Gasteiger partial charge in [-0.15, -0.1) is 0 Å². The molecule has 0 aromatic heterocycles. The topological polar surface area (TPSA) is 57.7 Å². The maximum absolute atomic E-state index is 12.6. The Hall–Kier alpha value is -1.40. The van der Waals surface area contributed by atoms with Crippen LogP contribution in [0.1, 0.15) is 45.2 Å². The number of carbonyl (C=O) groups excluding carboxylic acids is 1. The van der Waals surface area contributed by atoms with Crippen LogP contribution in [-0.4, -0.2) is 55.5 Å². The minimum atomic E-state index is -3.18. The number of nitrogens with zero attached hydrogens (tertiary/aromatic N) is 2. The van der Waals surface area contributed by atoms with Gasteiger partial charge in [0.2, 0.25) is 15.9 Å². The van der Waals surface area contributed by atoms with Crippen molar-refractivity contribution < 1.29 is 13.2 Å². The Morgan fingerprint density at radius 1 is 1.04 bits per heavy atom. The lowest BCUT2D eigenvalue weighted by molar-refractivity contribution is -0.130. The number of benzene rings is 1. The first-order chi connectivity index (χ1) is 11.6. The molecule has 6 heteroatoms. The largest absolute Gasteiger partial charge is 0.341 e. The van der Waals surface area contributed by atoms with Crippen LogP contribution in [0.4, 0.5) is 0 Å². The molecule has 1 aliphatic rings. The van der Waals surface area contributed by atoms with Crippen molar-refractivity contribution in [2.45, 2.75) is 46.0 Å². The third-order valence-electron chi connectivity index (χ3n) is 4.74. The van der Waals surface area contributed by atoms with Crippen LogP contribution >= 0.6 is 0 Å². The second-order valence-corrected chi connectivity index (χ2v) is 9.92. The summed E-state index contributed by atoms with van der Waals surface area (Å²) in [6.45, 7) is 10.1. The van der Waals surface area contributed by atoms with E-state index in [4.69, 9.17) is 0 Å². The Morgan fingerprint density at radius 2 is 1.68 bits per heavy atom. The van der Waals surface area contributed by atoms with Crippen molar-refractivity contribution >= 4 is 15.9 Å². The molecule has 0 N–H and O–H groups in total. The summed E-state index contributed by atoms with van der Waals surface area (Å²) in [7, 11) is -3.18. The van der Waals surface area contributed by atoms with Gasteiger partial charge in [0.1, 0.15) is 0 Å². The summed E-state index contributed by atoms with van der Waals surface area (Å²) in [6.07, 6.45) is 1.05. The zero-order chi connectivity index (χ0) is 18.7. The first-order valence-corrected chi connectivity index (χ1v) is 10.6. The van der Waals surface area contributed by atoms with E-state index in [1.165, 1.54) is 9.87 Å². The third-order valence-corrected chi connectivity index (χ3v) is 6.62. The first kappa shape index (κ1) is 19.9. The fourth-order valence-corrected chi connectivity index (χ4v) is 4.15. The number of amides is 1. The monoisotopic (exact) mass is 366 g/mol. The second-order valence-electron chi connectivity index (χ2n) is 7.66. The van der Waals surface area contributed by atoms with E-state index in [0.29, 0.717) is 39.0 Å². The summed E-state index contributed by atoms with van der Waals surface area (Å²) in [4.78, 5) is 14.4. The van der Waals surface area contributed by atoms with Crippen molar-refractivity contribution in [2.24, 2.45) is 0 Å². The fourth-order valence-electron chi connectivity index (χ4n) is 3.01. The lowest BCUT2D eigenvalue weighted by Crippen LogP contribution is -2.38. The van der Waals surface area contributed by atoms with Crippen molar-refractivity contribution in [3.8, 4) is 0 Å². The number of sulfonamides is 1. The highest BCUT2D eigenvalue weighted by Gasteiger charge is 2.25. The van der Waals surface area contributed by atoms with Gasteiger partial charge in [-0.05, 0) is 29.9 Å². The van der Waals surface area contributed by atoms with Crippen molar-refractivity contribution in [1.29, 1.82) is 0 Å². The van der Waals surface area contributed by atoms with E-state index in [9.17, 15) is 13.2 Å². The smallest absolute Gasteiger partial charge is 0.227 e. The average molecular weight is 367 g/mol. The normalized spacial score (nSPS) is 17.4. The molecule has 0 spiro atoms. The van der Waals surface area contributed by atoms with Gasteiger partial charge >= 0.3 is 0 Å². The predicted octanol–water partition coefficient (Wildman–Crippen LogP) is 2.41. The molecule has 0 saturated carbocycles. The standard InChI is InChI=1S/C19H30N2O3S/c1-5-25(23,24)21-12-6-11-20(13-14-21)18(22)15-16-7-9-17(10-8-16)19(2,3)4/h7-10H,5-6,11-15H2,1-4H3. The van der Waals surface area contributed by atoms with E-state index < -0.39 is 10.0 Å². The summed E-state index contributed by atoms with van der Waals surface area (Å²) in [5.74, 6) is 0.181. The highest BCUT2D eigenvalue weighted by molar-refractivity contribution is 7.89. The summed E-state index contributed by atoms with van der Waals surface area (Å²) in [5, 5.41) is 0. The molecule has 5 nitrogen and oxygen atoms in total. The minimum absolute atomic E-state index is 0.0688. The zero-order valence-electron chi connectivity index (χ0n) is 15.8. The predicted molar refractivity (Wildman–Crippen MR) is 101 cm³/mol. The molecule has 1 aromatic carbocycles. The molecule has 1 aromatic rings. The Labute approximate surface area is 152 Å². The van der Waals surface area contributed by atoms with E-state index in [1.807, 2.05) is 12.1 Å². The number of carbonyl (C=O) groups is 1. The highest BCUT2D eigenvalue weighted by atomic mass is 32.2. The molecule has 2 rings (SSSR count). The van der Waals surface area contributed by atoms with E-state index >= 15 is 0 Å². The number of rotatable bonds is 4. The molecule has 0 atom stereocenters. The lowest BCUT2D eigenvalue weighted by Gasteiger charge is -2.22. The maximum Gasteiger partial charge on any atom is 0.227 e. The van der Waals surface area contributed by atoms with Crippen LogP contribution in [0.2, 0.25) is 0 Å². The van der Waals surface area contributed by atoms with Crippen molar-refractivity contribution in [1.82, 2.24) is 9.21 Å². The van der Waals surface area contributed by atoms with Crippen LogP contribution < -0.4 is 0 Å². The molecular formula is C19H30N2O3S. The van der Waals surface area contributed by atoms with Crippen LogP contribution in [0.25, 0.3) is 0 Å². The summed E-state index contributed by atoms with van der Waals surface area (Å²) >= 11 is 0. The van der Waals surface area contributed by atoms with Gasteiger partial charge in [0.25, 0.3) is 0 Å². The first-order valence-electron chi connectivity index (χ1n) is 8.98. The molecule has 1 amide bonds. The SMILES string of the molecule is CCS(=O)(=O)N1CCCN(C(=O)Cc2ccc(C(C)(C)C)cc2)CC1. The maximum atomic E-state index is 12.6. The Bertz CT molecular complexity index is 690. The molecule has 25 heavy (non-hydrogen) atoms. The highest BCUT2D eigenvalue weighted by Crippen LogP contribution is 2.22. The van der Waals surface area contributed by atoms with Gasteiger partial charge in [-0.1, -0.05) is 45.0 Å². The minimum Gasteiger partial charge on any atom is -0.341 e. The van der Waals surface area contributed by atoms with E-state index in [-0.39, 0.29) is 17.1 Å². The van der Waals surface area contributed by atoms with Gasteiger partial charge < -0.3 is 4.90 Å². The summed E-state index contributed by atoms with van der Waals surface area (Å²) < 4.78 is 25.5. The molecule has 0 radical (unpaired) electrons. The van der Waals surface area contributed by atoms with Gasteiger partial charge in [-0.3, -0.25) is 4.79 Å². The summed E-state index contributed by atoms with van der Waals surface area (Å²) in [5.41, 5.74) is 2.35. The average Bonchev–Trinajstić information content (AvgIpc) is 2.81. The Kier molecular flexibility index (Phi) is 6.27. The molecule has 1 fully saturated rings. The molecule has 0 aliphatic carbocycles. The number of hydrogen-bond donors (Lipinski definition) is 0. The molecule has 1 aliphatic heterocycles. The van der Waals surface area contributed by atoms with Gasteiger partial charge in [-0.25, -0.2) is 12.7 Å². The van der Waals surface area contributed by atoms with Crippen molar-refractivity contribution in [3.05, 3.63) is 35.4 Å². The van der Waals surface area contributed by atoms with Gasteiger partial charge in [-0.2, -0.15) is 0 Å². The molecule has 1 heterocycles. The fraction of sp³-hybridized carbons (Fsp3) is 0.632. The number of hydrogen-bond acceptors (Lipinski definition) is 3. The Morgan fingerprint density at radius 3 is 2.24 bits per heavy atom. The molecule has 0 unspecified atom stereocenters. The van der Waals surface area contributed by atoms with Crippen LogP contribution in [-0.2, 0) is 26.7 Å². The molecule has 0 bridgehead atoms. The third kappa shape index (κ3) is 5.28. The van der Waals surface area contributed by atoms with Crippen LogP contribution in [0.3, 0.4) is 0 Å². The van der Waals surface area contributed by atoms with Crippen molar-refractivity contribution in [3.63, 3.8) is 0 Å². The molecule has 1 saturated heterocycles. The van der Waals surface area contributed by atoms with Crippen molar-refractivity contribution in [2.75, 3.05) is 31.9 Å². The quantitative estimate of drug-likeness (QED) is 0.822. The second kappa shape index (κ2) is 7.87. The molecular weight excluding hydrogens is 336 g/mol. The van der Waals surface area contributed by atoms with Gasteiger partial charge in [0, 0.05) is 26.2 Å². The van der Waals surface area contributed by atoms with Crippen LogP contribution in [0.5, 0.6) is 0 Å². The van der Waals surface area contributed by atoms with Crippen LogP contribution in [0, 0.1) is 0 Å². The Balaban J connectivity index is 1.97. The molecule has 140 valence electrons. The zero-order valence-corrected chi connectivity index (χ0v) is 16.6. The van der Waals surface area contributed by atoms with Gasteiger partial charge in [0.05, 0.1) is 12.2 Å². The van der Waals surface area contributed by atoms with E-state index in [1.54, 1.807) is 11.8 Å². The van der Waals surface area contributed by atoms with Crippen LogP contribution in [0.15, 0.2) is 24.3 Å².